The van der Waals surface area contributed by atoms with Crippen LogP contribution >= 0.6 is 0 Å². The minimum absolute atomic E-state index is 0. The number of benzene rings is 2. The molecule has 0 amide bonds. The summed E-state index contributed by atoms with van der Waals surface area (Å²) in [7, 11) is 0. The third kappa shape index (κ3) is 5.32. The van der Waals surface area contributed by atoms with Gasteiger partial charge in [0.1, 0.15) is 0 Å². The number of rotatable bonds is 1. The molecule has 0 saturated carbocycles. The quantitative estimate of drug-likeness (QED) is 0.462. The standard InChI is InChI=1S/C12H10.2Na.O/c1-3-7-11(8-4-1)12-9-5-2-6-10-12;;;/h1-10H;;;/q;2*+1;-2. The monoisotopic (exact) mass is 216 g/mol. The summed E-state index contributed by atoms with van der Waals surface area (Å²) < 4.78 is 0. The van der Waals surface area contributed by atoms with Gasteiger partial charge >= 0.3 is 59.1 Å². The van der Waals surface area contributed by atoms with Crippen LogP contribution in [0.2, 0.25) is 0 Å². The third-order valence-electron chi connectivity index (χ3n) is 1.88. The van der Waals surface area contributed by atoms with Crippen molar-refractivity contribution in [2.75, 3.05) is 0 Å². The third-order valence-corrected chi connectivity index (χ3v) is 1.88. The van der Waals surface area contributed by atoms with Crippen LogP contribution in [0.15, 0.2) is 60.7 Å². The predicted molar refractivity (Wildman–Crippen MR) is 52.6 cm³/mol. The Morgan fingerprint density at radius 3 is 1.00 bits per heavy atom. The Labute approximate surface area is 135 Å². The summed E-state index contributed by atoms with van der Waals surface area (Å²) in [4.78, 5) is 0. The maximum atomic E-state index is 2.12. The van der Waals surface area contributed by atoms with Gasteiger partial charge in [-0.1, -0.05) is 60.7 Å². The van der Waals surface area contributed by atoms with E-state index in [2.05, 4.69) is 48.5 Å². The van der Waals surface area contributed by atoms with Crippen LogP contribution in [0.1, 0.15) is 0 Å². The molecule has 1 nitrogen and oxygen atoms in total. The van der Waals surface area contributed by atoms with Crippen molar-refractivity contribution in [3.63, 3.8) is 0 Å². The molecule has 15 heavy (non-hydrogen) atoms. The van der Waals surface area contributed by atoms with Crippen molar-refractivity contribution < 1.29 is 64.6 Å². The first-order valence-corrected chi connectivity index (χ1v) is 4.07. The van der Waals surface area contributed by atoms with E-state index in [4.69, 9.17) is 0 Å². The van der Waals surface area contributed by atoms with Gasteiger partial charge in [-0.05, 0) is 11.1 Å². The molecule has 0 aliphatic heterocycles. The summed E-state index contributed by atoms with van der Waals surface area (Å²) in [6.07, 6.45) is 0. The Balaban J connectivity index is 0. The normalized spacial score (nSPS) is 7.73. The molecule has 0 aliphatic carbocycles. The summed E-state index contributed by atoms with van der Waals surface area (Å²) in [6, 6.07) is 20.8. The van der Waals surface area contributed by atoms with Crippen molar-refractivity contribution in [3.05, 3.63) is 60.7 Å². The first kappa shape index (κ1) is 17.8. The predicted octanol–water partition coefficient (Wildman–Crippen LogP) is -2.76. The van der Waals surface area contributed by atoms with Gasteiger partial charge in [-0.25, -0.2) is 0 Å². The van der Waals surface area contributed by atoms with Gasteiger partial charge in [0.25, 0.3) is 0 Å². The van der Waals surface area contributed by atoms with Crippen LogP contribution in [-0.4, -0.2) is 0 Å². The first-order valence-electron chi connectivity index (χ1n) is 4.07. The zero-order valence-electron chi connectivity index (χ0n) is 9.18. The van der Waals surface area contributed by atoms with Crippen molar-refractivity contribution in [1.29, 1.82) is 0 Å². The van der Waals surface area contributed by atoms with E-state index in [-0.39, 0.29) is 64.6 Å². The molecular formula is C12H10Na2O. The molecule has 0 spiro atoms. The van der Waals surface area contributed by atoms with Gasteiger partial charge in [0, 0.05) is 0 Å². The molecule has 0 unspecified atom stereocenters. The Kier molecular flexibility index (Phi) is 11.4. The molecule has 66 valence electrons. The number of hydrogen-bond acceptors (Lipinski definition) is 0. The zero-order valence-corrected chi connectivity index (χ0v) is 13.2. The summed E-state index contributed by atoms with van der Waals surface area (Å²) in [5.41, 5.74) is 2.55. The minimum atomic E-state index is 0. The molecule has 0 aromatic heterocycles. The van der Waals surface area contributed by atoms with Crippen LogP contribution in [0.4, 0.5) is 0 Å². The maximum Gasteiger partial charge on any atom is 1.00 e. The molecule has 0 aliphatic rings. The van der Waals surface area contributed by atoms with Crippen molar-refractivity contribution in [3.8, 4) is 11.1 Å². The summed E-state index contributed by atoms with van der Waals surface area (Å²) in [5, 5.41) is 0. The molecule has 0 N–H and O–H groups in total. The van der Waals surface area contributed by atoms with E-state index in [1.807, 2.05) is 12.1 Å². The number of hydrogen-bond donors (Lipinski definition) is 0. The van der Waals surface area contributed by atoms with Crippen LogP contribution in [-0.2, 0) is 5.48 Å². The van der Waals surface area contributed by atoms with Crippen LogP contribution in [0.3, 0.4) is 0 Å². The second-order valence-electron chi connectivity index (χ2n) is 2.73. The Morgan fingerprint density at radius 2 is 0.733 bits per heavy atom. The second-order valence-corrected chi connectivity index (χ2v) is 2.73. The molecule has 0 fully saturated rings. The Bertz CT molecular complexity index is 311. The average Bonchev–Trinajstić information content (AvgIpc) is 2.21. The molecule has 2 rings (SSSR count). The van der Waals surface area contributed by atoms with Gasteiger partial charge in [-0.3, -0.25) is 0 Å². The summed E-state index contributed by atoms with van der Waals surface area (Å²) in [6.45, 7) is 0. The molecule has 2 aromatic carbocycles. The topological polar surface area (TPSA) is 28.5 Å². The average molecular weight is 216 g/mol. The maximum absolute atomic E-state index is 2.12. The van der Waals surface area contributed by atoms with E-state index < -0.39 is 0 Å². The van der Waals surface area contributed by atoms with Gasteiger partial charge in [0.2, 0.25) is 0 Å². The molecule has 3 heteroatoms. The van der Waals surface area contributed by atoms with Crippen LogP contribution in [0.25, 0.3) is 11.1 Å². The smallest absolute Gasteiger partial charge is 1.00 e. The van der Waals surface area contributed by atoms with E-state index in [1.54, 1.807) is 0 Å². The van der Waals surface area contributed by atoms with E-state index in [9.17, 15) is 0 Å². The molecule has 0 saturated heterocycles. The van der Waals surface area contributed by atoms with Crippen molar-refractivity contribution in [2.45, 2.75) is 0 Å². The fourth-order valence-electron chi connectivity index (χ4n) is 1.26. The molecule has 0 radical (unpaired) electrons. The van der Waals surface area contributed by atoms with Crippen LogP contribution < -0.4 is 59.1 Å². The van der Waals surface area contributed by atoms with Gasteiger partial charge < -0.3 is 5.48 Å². The fourth-order valence-corrected chi connectivity index (χ4v) is 1.26. The van der Waals surface area contributed by atoms with Crippen molar-refractivity contribution >= 4 is 0 Å². The van der Waals surface area contributed by atoms with E-state index in [1.165, 1.54) is 11.1 Å². The van der Waals surface area contributed by atoms with E-state index >= 15 is 0 Å². The second kappa shape index (κ2) is 9.61. The van der Waals surface area contributed by atoms with Gasteiger partial charge in [0.15, 0.2) is 0 Å². The van der Waals surface area contributed by atoms with E-state index in [0.29, 0.717) is 0 Å². The van der Waals surface area contributed by atoms with Crippen LogP contribution in [0.5, 0.6) is 0 Å². The molecule has 2 aromatic rings. The molecule has 0 heterocycles. The van der Waals surface area contributed by atoms with E-state index in [0.717, 1.165) is 0 Å². The van der Waals surface area contributed by atoms with Gasteiger partial charge in [-0.15, -0.1) is 0 Å². The minimum Gasteiger partial charge on any atom is -2.00 e. The van der Waals surface area contributed by atoms with Gasteiger partial charge in [-0.2, -0.15) is 0 Å². The zero-order chi connectivity index (χ0) is 8.23. The Hall–Kier alpha value is 0.400. The molecule has 0 atom stereocenters. The molecular weight excluding hydrogens is 206 g/mol. The van der Waals surface area contributed by atoms with Gasteiger partial charge in [0.05, 0.1) is 0 Å². The van der Waals surface area contributed by atoms with Crippen molar-refractivity contribution in [2.24, 2.45) is 0 Å². The Morgan fingerprint density at radius 1 is 0.467 bits per heavy atom. The first-order chi connectivity index (χ1) is 5.97. The van der Waals surface area contributed by atoms with Crippen molar-refractivity contribution in [1.82, 2.24) is 0 Å². The summed E-state index contributed by atoms with van der Waals surface area (Å²) >= 11 is 0. The largest absolute Gasteiger partial charge is 2.00 e. The van der Waals surface area contributed by atoms with Crippen LogP contribution in [0, 0.1) is 0 Å². The SMILES string of the molecule is [Na+].[Na+].[O-2].c1ccc(-c2ccccc2)cc1. The fraction of sp³-hybridized carbons (Fsp3) is 0. The molecule has 0 bridgehead atoms. The summed E-state index contributed by atoms with van der Waals surface area (Å²) in [5.74, 6) is 0.